The van der Waals surface area contributed by atoms with Crippen LogP contribution in [0, 0.1) is 0 Å². The van der Waals surface area contributed by atoms with Crippen molar-refractivity contribution in [3.05, 3.63) is 0 Å². The Bertz CT molecular complexity index is 339. The van der Waals surface area contributed by atoms with E-state index in [1.54, 1.807) is 7.05 Å². The first-order valence-corrected chi connectivity index (χ1v) is 7.23. The van der Waals surface area contributed by atoms with Crippen molar-refractivity contribution < 1.29 is 14.3 Å². The first kappa shape index (κ1) is 16.8. The molecule has 6 heteroatoms. The molecular weight excluding hydrogens is 258 g/mol. The molecule has 1 aliphatic heterocycles. The fourth-order valence-corrected chi connectivity index (χ4v) is 2.28. The number of amides is 2. The van der Waals surface area contributed by atoms with Crippen LogP contribution in [0.3, 0.4) is 0 Å². The largest absolute Gasteiger partial charge is 0.444 e. The molecule has 2 N–H and O–H groups in total. The molecule has 6 nitrogen and oxygen atoms in total. The van der Waals surface area contributed by atoms with Crippen molar-refractivity contribution in [2.75, 3.05) is 26.7 Å². The Labute approximate surface area is 121 Å². The number of piperidine rings is 1. The molecule has 116 valence electrons. The maximum atomic E-state index is 11.7. The molecule has 0 spiro atoms. The number of nitrogens with one attached hydrogen (secondary N) is 2. The zero-order valence-corrected chi connectivity index (χ0v) is 13.0. The van der Waals surface area contributed by atoms with Crippen LogP contribution >= 0.6 is 0 Å². The molecule has 0 aromatic rings. The number of alkyl carbamates (subject to hydrolysis) is 1. The fourth-order valence-electron chi connectivity index (χ4n) is 2.28. The number of hydrogen-bond donors (Lipinski definition) is 2. The van der Waals surface area contributed by atoms with E-state index in [1.165, 1.54) is 0 Å². The van der Waals surface area contributed by atoms with Gasteiger partial charge in [0.05, 0.1) is 6.54 Å². The first-order valence-electron chi connectivity index (χ1n) is 7.23. The molecule has 1 heterocycles. The van der Waals surface area contributed by atoms with E-state index in [2.05, 4.69) is 15.5 Å². The van der Waals surface area contributed by atoms with Crippen molar-refractivity contribution in [3.8, 4) is 0 Å². The summed E-state index contributed by atoms with van der Waals surface area (Å²) in [5, 5.41) is 5.43. The van der Waals surface area contributed by atoms with Gasteiger partial charge in [0.1, 0.15) is 5.60 Å². The summed E-state index contributed by atoms with van der Waals surface area (Å²) in [5.74, 6) is 0.00849. The van der Waals surface area contributed by atoms with E-state index in [-0.39, 0.29) is 11.9 Å². The van der Waals surface area contributed by atoms with E-state index in [1.807, 2.05) is 20.8 Å². The van der Waals surface area contributed by atoms with Crippen molar-refractivity contribution >= 4 is 12.0 Å². The van der Waals surface area contributed by atoms with Crippen molar-refractivity contribution in [1.29, 1.82) is 0 Å². The molecule has 0 saturated carbocycles. The molecule has 1 fully saturated rings. The fraction of sp³-hybridized carbons (Fsp3) is 0.857. The van der Waals surface area contributed by atoms with Crippen molar-refractivity contribution in [1.82, 2.24) is 15.5 Å². The summed E-state index contributed by atoms with van der Waals surface area (Å²) in [7, 11) is 1.64. The summed E-state index contributed by atoms with van der Waals surface area (Å²) in [4.78, 5) is 25.3. The van der Waals surface area contributed by atoms with Gasteiger partial charge in [0.15, 0.2) is 0 Å². The highest BCUT2D eigenvalue weighted by molar-refractivity contribution is 5.77. The van der Waals surface area contributed by atoms with E-state index in [9.17, 15) is 9.59 Å². The number of carbonyl (C=O) groups is 2. The van der Waals surface area contributed by atoms with E-state index < -0.39 is 11.7 Å². The number of hydrogen-bond acceptors (Lipinski definition) is 4. The van der Waals surface area contributed by atoms with E-state index in [0.717, 1.165) is 25.8 Å². The molecule has 1 saturated heterocycles. The minimum absolute atomic E-state index is 0.00849. The average Bonchev–Trinajstić information content (AvgIpc) is 2.35. The van der Waals surface area contributed by atoms with Gasteiger partial charge >= 0.3 is 6.09 Å². The van der Waals surface area contributed by atoms with Gasteiger partial charge in [-0.2, -0.15) is 0 Å². The lowest BCUT2D eigenvalue weighted by Gasteiger charge is -2.35. The molecule has 0 aliphatic carbocycles. The van der Waals surface area contributed by atoms with Gasteiger partial charge in [-0.15, -0.1) is 0 Å². The minimum Gasteiger partial charge on any atom is -0.444 e. The third-order valence-corrected chi connectivity index (χ3v) is 3.26. The molecule has 1 atom stereocenters. The molecule has 0 aromatic heterocycles. The summed E-state index contributed by atoms with van der Waals surface area (Å²) in [6, 6.07) is 0.202. The minimum atomic E-state index is -0.488. The zero-order valence-electron chi connectivity index (χ0n) is 13.0. The lowest BCUT2D eigenvalue weighted by molar-refractivity contribution is -0.122. The molecule has 0 aromatic carbocycles. The Kier molecular flexibility index (Phi) is 6.26. The third-order valence-electron chi connectivity index (χ3n) is 3.26. The van der Waals surface area contributed by atoms with Crippen LogP contribution in [0.5, 0.6) is 0 Å². The Balaban J connectivity index is 2.42. The smallest absolute Gasteiger partial charge is 0.407 e. The normalized spacial score (nSPS) is 20.3. The summed E-state index contributed by atoms with van der Waals surface area (Å²) in [6.07, 6.45) is 2.82. The predicted molar refractivity (Wildman–Crippen MR) is 77.5 cm³/mol. The lowest BCUT2D eigenvalue weighted by atomic mass is 10.0. The number of likely N-dealkylation sites (tertiary alicyclic amines) is 1. The number of ether oxygens (including phenoxy) is 1. The van der Waals surface area contributed by atoms with Crippen molar-refractivity contribution in [2.24, 2.45) is 0 Å². The molecule has 1 unspecified atom stereocenters. The first-order chi connectivity index (χ1) is 9.31. The van der Waals surface area contributed by atoms with E-state index in [0.29, 0.717) is 13.1 Å². The van der Waals surface area contributed by atoms with Gasteiger partial charge in [0, 0.05) is 19.6 Å². The summed E-state index contributed by atoms with van der Waals surface area (Å²) >= 11 is 0. The number of rotatable bonds is 4. The topological polar surface area (TPSA) is 70.7 Å². The van der Waals surface area contributed by atoms with Gasteiger partial charge in [-0.05, 0) is 40.2 Å². The molecule has 20 heavy (non-hydrogen) atoms. The van der Waals surface area contributed by atoms with Crippen LogP contribution in [0.1, 0.15) is 40.0 Å². The van der Waals surface area contributed by atoms with Crippen molar-refractivity contribution in [3.63, 3.8) is 0 Å². The second-order valence-electron chi connectivity index (χ2n) is 6.18. The highest BCUT2D eigenvalue weighted by Gasteiger charge is 2.25. The lowest BCUT2D eigenvalue weighted by Crippen LogP contribution is -2.50. The molecule has 0 radical (unpaired) electrons. The summed E-state index contributed by atoms with van der Waals surface area (Å²) < 4.78 is 5.22. The Morgan fingerprint density at radius 3 is 2.60 bits per heavy atom. The third kappa shape index (κ3) is 6.23. The highest BCUT2D eigenvalue weighted by atomic mass is 16.6. The van der Waals surface area contributed by atoms with Crippen LogP contribution in [0.4, 0.5) is 4.79 Å². The van der Waals surface area contributed by atoms with Crippen LogP contribution in [-0.4, -0.2) is 55.2 Å². The molecule has 0 bridgehead atoms. The Hall–Kier alpha value is -1.30. The molecule has 1 rings (SSSR count). The number of likely N-dealkylation sites (N-methyl/N-ethyl adjacent to an activating group) is 1. The SMILES string of the molecule is CNC(=O)CN1CCCCC1CNC(=O)OC(C)(C)C. The highest BCUT2D eigenvalue weighted by Crippen LogP contribution is 2.16. The monoisotopic (exact) mass is 285 g/mol. The molecule has 2 amide bonds. The quantitative estimate of drug-likeness (QED) is 0.812. The van der Waals surface area contributed by atoms with Gasteiger partial charge in [0.25, 0.3) is 0 Å². The Morgan fingerprint density at radius 2 is 2.00 bits per heavy atom. The maximum absolute atomic E-state index is 11.7. The van der Waals surface area contributed by atoms with Crippen LogP contribution in [0.2, 0.25) is 0 Å². The van der Waals surface area contributed by atoms with Gasteiger partial charge in [0.2, 0.25) is 5.91 Å². The van der Waals surface area contributed by atoms with Gasteiger partial charge in [-0.1, -0.05) is 6.42 Å². The van der Waals surface area contributed by atoms with E-state index in [4.69, 9.17) is 4.74 Å². The van der Waals surface area contributed by atoms with Crippen LogP contribution < -0.4 is 10.6 Å². The standard InChI is InChI=1S/C14H27N3O3/c1-14(2,3)20-13(19)16-9-11-7-5-6-8-17(11)10-12(18)15-4/h11H,5-10H2,1-4H3,(H,15,18)(H,16,19). The van der Waals surface area contributed by atoms with E-state index >= 15 is 0 Å². The number of carbonyl (C=O) groups excluding carboxylic acids is 2. The zero-order chi connectivity index (χ0) is 15.2. The van der Waals surface area contributed by atoms with Gasteiger partial charge in [-0.3, -0.25) is 9.69 Å². The summed E-state index contributed by atoms with van der Waals surface area (Å²) in [5.41, 5.74) is -0.488. The van der Waals surface area contributed by atoms with Gasteiger partial charge < -0.3 is 15.4 Å². The van der Waals surface area contributed by atoms with Crippen LogP contribution in [0.25, 0.3) is 0 Å². The second kappa shape index (κ2) is 7.47. The second-order valence-corrected chi connectivity index (χ2v) is 6.18. The van der Waals surface area contributed by atoms with Crippen molar-refractivity contribution in [2.45, 2.75) is 51.7 Å². The maximum Gasteiger partial charge on any atom is 0.407 e. The predicted octanol–water partition coefficient (Wildman–Crippen LogP) is 1.11. The average molecular weight is 285 g/mol. The number of nitrogens with zero attached hydrogens (tertiary/aromatic N) is 1. The molecular formula is C14H27N3O3. The summed E-state index contributed by atoms with van der Waals surface area (Å²) in [6.45, 7) is 7.32. The van der Waals surface area contributed by atoms with Crippen LogP contribution in [-0.2, 0) is 9.53 Å². The van der Waals surface area contributed by atoms with Crippen LogP contribution in [0.15, 0.2) is 0 Å². The molecule has 1 aliphatic rings. The Morgan fingerprint density at radius 1 is 1.30 bits per heavy atom. The van der Waals surface area contributed by atoms with Gasteiger partial charge in [-0.25, -0.2) is 4.79 Å².